The lowest BCUT2D eigenvalue weighted by Crippen LogP contribution is -1.93. The molecule has 1 heterocycles. The van der Waals surface area contributed by atoms with Crippen LogP contribution in [0.15, 0.2) is 54.9 Å². The van der Waals surface area contributed by atoms with Crippen molar-refractivity contribution in [2.24, 2.45) is 0 Å². The topological polar surface area (TPSA) is 30.0 Å². The van der Waals surface area contributed by atoms with Gasteiger partial charge in [-0.2, -0.15) is 0 Å². The van der Waals surface area contributed by atoms with Gasteiger partial charge in [-0.25, -0.2) is 0 Å². The van der Waals surface area contributed by atoms with Crippen LogP contribution >= 0.6 is 11.6 Å². The molecule has 0 spiro atoms. The van der Waals surface area contributed by atoms with E-state index < -0.39 is 0 Å². The zero-order chi connectivity index (χ0) is 14.1. The quantitative estimate of drug-likeness (QED) is 0.634. The van der Waals surface area contributed by atoms with Crippen LogP contribution in [0.3, 0.4) is 0 Å². The van der Waals surface area contributed by atoms with E-state index >= 15 is 0 Å². The molecule has 0 fully saturated rings. The Labute approximate surface area is 122 Å². The van der Waals surface area contributed by atoms with Crippen molar-refractivity contribution in [1.82, 2.24) is 4.98 Å². The summed E-state index contributed by atoms with van der Waals surface area (Å²) in [5.41, 5.74) is 2.52. The number of hydrogen-bond donors (Lipinski definition) is 0. The number of nitrogens with zero attached hydrogens (tertiary/aromatic N) is 1. The van der Waals surface area contributed by atoms with Crippen LogP contribution in [0.5, 0.6) is 0 Å². The maximum Gasteiger partial charge on any atom is 0.161 e. The van der Waals surface area contributed by atoms with Crippen LogP contribution in [-0.2, 0) is 0 Å². The van der Waals surface area contributed by atoms with Gasteiger partial charge in [0.05, 0.1) is 5.02 Å². The normalized spacial score (nSPS) is 10.7. The second-order valence-corrected chi connectivity index (χ2v) is 5.07. The lowest BCUT2D eigenvalue weighted by Gasteiger charge is -2.08. The van der Waals surface area contributed by atoms with Crippen LogP contribution in [-0.4, -0.2) is 10.8 Å². The molecule has 0 N–H and O–H groups in total. The van der Waals surface area contributed by atoms with Crippen molar-refractivity contribution in [3.05, 3.63) is 65.4 Å². The number of carbonyl (C=O) groups is 1. The Morgan fingerprint density at radius 2 is 1.90 bits per heavy atom. The van der Waals surface area contributed by atoms with E-state index in [4.69, 9.17) is 11.6 Å². The lowest BCUT2D eigenvalue weighted by atomic mass is 9.99. The van der Waals surface area contributed by atoms with Crippen molar-refractivity contribution in [2.75, 3.05) is 0 Å². The maximum atomic E-state index is 11.4. The number of ketones is 1. The van der Waals surface area contributed by atoms with Gasteiger partial charge in [0.15, 0.2) is 5.78 Å². The summed E-state index contributed by atoms with van der Waals surface area (Å²) in [6.45, 7) is 1.51. The first-order valence-electron chi connectivity index (χ1n) is 6.30. The maximum absolute atomic E-state index is 11.4. The van der Waals surface area contributed by atoms with Crippen molar-refractivity contribution in [1.29, 1.82) is 0 Å². The SMILES string of the molecule is CC(=O)c1ccc(-c2cncc3ccccc23)cc1Cl. The van der Waals surface area contributed by atoms with Crippen LogP contribution in [0, 0.1) is 0 Å². The Balaban J connectivity index is 2.21. The Morgan fingerprint density at radius 1 is 1.10 bits per heavy atom. The fraction of sp³-hybridized carbons (Fsp3) is 0.0588. The fourth-order valence-electron chi connectivity index (χ4n) is 2.31. The first-order valence-corrected chi connectivity index (χ1v) is 6.68. The van der Waals surface area contributed by atoms with E-state index in [0.717, 1.165) is 21.9 Å². The number of pyridine rings is 1. The van der Waals surface area contributed by atoms with E-state index in [0.29, 0.717) is 10.6 Å². The highest BCUT2D eigenvalue weighted by Gasteiger charge is 2.09. The number of aromatic nitrogens is 1. The highest BCUT2D eigenvalue weighted by molar-refractivity contribution is 6.34. The molecule has 0 amide bonds. The molecule has 1 aromatic heterocycles. The van der Waals surface area contributed by atoms with Crippen molar-refractivity contribution >= 4 is 28.2 Å². The second-order valence-electron chi connectivity index (χ2n) is 4.66. The molecule has 0 bridgehead atoms. The predicted octanol–water partition coefficient (Wildman–Crippen LogP) is 4.76. The molecule has 0 saturated carbocycles. The van der Waals surface area contributed by atoms with Gasteiger partial charge in [0.1, 0.15) is 0 Å². The molecule has 0 aliphatic heterocycles. The Morgan fingerprint density at radius 3 is 2.65 bits per heavy atom. The summed E-state index contributed by atoms with van der Waals surface area (Å²) >= 11 is 6.18. The molecule has 98 valence electrons. The standard InChI is InChI=1S/C17H12ClNO/c1-11(20)14-7-6-12(8-17(14)18)16-10-19-9-13-4-2-3-5-15(13)16/h2-10H,1H3. The summed E-state index contributed by atoms with van der Waals surface area (Å²) in [6.07, 6.45) is 3.66. The summed E-state index contributed by atoms with van der Waals surface area (Å²) in [7, 11) is 0. The van der Waals surface area contributed by atoms with Crippen LogP contribution in [0.4, 0.5) is 0 Å². The number of halogens is 1. The molecule has 20 heavy (non-hydrogen) atoms. The first kappa shape index (κ1) is 12.8. The molecule has 0 unspecified atom stereocenters. The minimum atomic E-state index is -0.0300. The van der Waals surface area contributed by atoms with Gasteiger partial charge in [-0.15, -0.1) is 0 Å². The van der Waals surface area contributed by atoms with Gasteiger partial charge in [0.2, 0.25) is 0 Å². The summed E-state index contributed by atoms with van der Waals surface area (Å²) in [4.78, 5) is 15.7. The molecule has 0 aliphatic carbocycles. The number of rotatable bonds is 2. The molecule has 0 saturated heterocycles. The molecule has 3 rings (SSSR count). The molecule has 0 aliphatic rings. The highest BCUT2D eigenvalue weighted by Crippen LogP contribution is 2.30. The van der Waals surface area contributed by atoms with Crippen molar-refractivity contribution < 1.29 is 4.79 Å². The van der Waals surface area contributed by atoms with E-state index in [2.05, 4.69) is 11.1 Å². The third-order valence-electron chi connectivity index (χ3n) is 3.33. The minimum Gasteiger partial charge on any atom is -0.294 e. The van der Waals surface area contributed by atoms with E-state index in [1.807, 2.05) is 42.7 Å². The van der Waals surface area contributed by atoms with Crippen molar-refractivity contribution in [2.45, 2.75) is 6.92 Å². The summed E-state index contributed by atoms with van der Waals surface area (Å²) in [5.74, 6) is -0.0300. The average Bonchev–Trinajstić information content (AvgIpc) is 2.46. The number of fused-ring (bicyclic) bond motifs is 1. The zero-order valence-corrected chi connectivity index (χ0v) is 11.7. The highest BCUT2D eigenvalue weighted by atomic mass is 35.5. The third-order valence-corrected chi connectivity index (χ3v) is 3.64. The second kappa shape index (κ2) is 5.06. The molecule has 0 atom stereocenters. The van der Waals surface area contributed by atoms with Crippen molar-refractivity contribution in [3.8, 4) is 11.1 Å². The average molecular weight is 282 g/mol. The smallest absolute Gasteiger partial charge is 0.161 e. The molecular weight excluding hydrogens is 270 g/mol. The van der Waals surface area contributed by atoms with E-state index in [1.54, 1.807) is 6.07 Å². The monoisotopic (exact) mass is 281 g/mol. The van der Waals surface area contributed by atoms with Crippen LogP contribution < -0.4 is 0 Å². The Hall–Kier alpha value is -2.19. The molecule has 2 aromatic carbocycles. The van der Waals surface area contributed by atoms with Crippen LogP contribution in [0.2, 0.25) is 5.02 Å². The van der Waals surface area contributed by atoms with E-state index in [-0.39, 0.29) is 5.78 Å². The number of hydrogen-bond acceptors (Lipinski definition) is 2. The Bertz CT molecular complexity index is 806. The summed E-state index contributed by atoms with van der Waals surface area (Å²) < 4.78 is 0. The molecule has 0 radical (unpaired) electrons. The summed E-state index contributed by atoms with van der Waals surface area (Å²) in [5, 5.41) is 2.67. The number of Topliss-reactive ketones (excluding diaryl/α,β-unsaturated/α-hetero) is 1. The van der Waals surface area contributed by atoms with E-state index in [1.165, 1.54) is 6.92 Å². The van der Waals surface area contributed by atoms with Gasteiger partial charge in [-0.3, -0.25) is 9.78 Å². The van der Waals surface area contributed by atoms with Gasteiger partial charge >= 0.3 is 0 Å². The van der Waals surface area contributed by atoms with E-state index in [9.17, 15) is 4.79 Å². The number of benzene rings is 2. The number of carbonyl (C=O) groups excluding carboxylic acids is 1. The predicted molar refractivity (Wildman–Crippen MR) is 82.2 cm³/mol. The van der Waals surface area contributed by atoms with Gasteiger partial charge < -0.3 is 0 Å². The van der Waals surface area contributed by atoms with Gasteiger partial charge in [0.25, 0.3) is 0 Å². The molecule has 3 aromatic rings. The molecular formula is C17H12ClNO. The third kappa shape index (κ3) is 2.19. The zero-order valence-electron chi connectivity index (χ0n) is 10.9. The molecule has 3 heteroatoms. The van der Waals surface area contributed by atoms with Gasteiger partial charge in [-0.1, -0.05) is 41.9 Å². The Kier molecular flexibility index (Phi) is 3.25. The van der Waals surface area contributed by atoms with Crippen LogP contribution in [0.1, 0.15) is 17.3 Å². The minimum absolute atomic E-state index is 0.0300. The van der Waals surface area contributed by atoms with Gasteiger partial charge in [0, 0.05) is 28.9 Å². The van der Waals surface area contributed by atoms with Crippen molar-refractivity contribution in [3.63, 3.8) is 0 Å². The van der Waals surface area contributed by atoms with Crippen LogP contribution in [0.25, 0.3) is 21.9 Å². The lowest BCUT2D eigenvalue weighted by molar-refractivity contribution is 0.101. The summed E-state index contributed by atoms with van der Waals surface area (Å²) in [6, 6.07) is 13.6. The largest absolute Gasteiger partial charge is 0.294 e. The fourth-order valence-corrected chi connectivity index (χ4v) is 2.63. The molecule has 2 nitrogen and oxygen atoms in total. The van der Waals surface area contributed by atoms with Gasteiger partial charge in [-0.05, 0) is 30.0 Å². The first-order chi connectivity index (χ1) is 9.66.